The van der Waals surface area contributed by atoms with Gasteiger partial charge in [-0.05, 0) is 50.0 Å². The maximum atomic E-state index is 10.9. The van der Waals surface area contributed by atoms with Crippen LogP contribution >= 0.6 is 0 Å². The summed E-state index contributed by atoms with van der Waals surface area (Å²) in [4.78, 5) is 2.49. The molecular weight excluding hydrogens is 274 g/mol. The van der Waals surface area contributed by atoms with E-state index >= 15 is 0 Å². The van der Waals surface area contributed by atoms with Crippen molar-refractivity contribution in [2.45, 2.75) is 33.1 Å². The van der Waals surface area contributed by atoms with Gasteiger partial charge >= 0.3 is 0 Å². The van der Waals surface area contributed by atoms with Crippen molar-refractivity contribution in [3.63, 3.8) is 0 Å². The summed E-state index contributed by atoms with van der Waals surface area (Å²) in [5.74, 6) is 0. The van der Waals surface area contributed by atoms with Crippen LogP contribution in [0.25, 0.3) is 0 Å². The lowest BCUT2D eigenvalue weighted by atomic mass is 10.1. The third-order valence-corrected chi connectivity index (χ3v) is 3.90. The van der Waals surface area contributed by atoms with Crippen LogP contribution in [0.5, 0.6) is 0 Å². The Balaban J connectivity index is 0.00000200. The molecule has 0 spiro atoms. The highest BCUT2D eigenvalue weighted by Gasteiger charge is 2.09. The number of likely N-dealkylation sites (tertiary alicyclic amines) is 1. The van der Waals surface area contributed by atoms with E-state index < -0.39 is 10.2 Å². The molecule has 0 unspecified atom stereocenters. The molecule has 1 aliphatic rings. The third-order valence-electron chi connectivity index (χ3n) is 3.38. The molecule has 20 heavy (non-hydrogen) atoms. The first-order chi connectivity index (χ1) is 9.03. The van der Waals surface area contributed by atoms with Crippen LogP contribution in [-0.4, -0.2) is 33.0 Å². The molecule has 1 aromatic carbocycles. The molecule has 3 N–H and O–H groups in total. The Morgan fingerprint density at radius 1 is 1.10 bits per heavy atom. The van der Waals surface area contributed by atoms with E-state index in [1.807, 2.05) is 12.1 Å². The van der Waals surface area contributed by atoms with E-state index in [1.54, 1.807) is 12.1 Å². The van der Waals surface area contributed by atoms with Crippen molar-refractivity contribution >= 4 is 15.9 Å². The van der Waals surface area contributed by atoms with Gasteiger partial charge in [0.25, 0.3) is 10.2 Å². The molecule has 0 saturated carbocycles. The summed E-state index contributed by atoms with van der Waals surface area (Å²) >= 11 is 0. The smallest absolute Gasteiger partial charge is 0.296 e. The quantitative estimate of drug-likeness (QED) is 0.873. The van der Waals surface area contributed by atoms with E-state index in [9.17, 15) is 8.42 Å². The van der Waals surface area contributed by atoms with Crippen molar-refractivity contribution < 1.29 is 8.42 Å². The zero-order valence-electron chi connectivity index (χ0n) is 11.0. The van der Waals surface area contributed by atoms with Crippen molar-refractivity contribution in [1.29, 1.82) is 0 Å². The molecule has 0 bridgehead atoms. The first-order valence-electron chi connectivity index (χ1n) is 6.65. The predicted molar refractivity (Wildman–Crippen MR) is 83.9 cm³/mol. The number of nitrogens with two attached hydrogens (primary N) is 1. The molecule has 5 nitrogen and oxygen atoms in total. The van der Waals surface area contributed by atoms with Gasteiger partial charge in [0, 0.05) is 12.2 Å². The highest BCUT2D eigenvalue weighted by molar-refractivity contribution is 7.90. The second kappa shape index (κ2) is 7.61. The fraction of sp³-hybridized carbons (Fsp3) is 0.571. The van der Waals surface area contributed by atoms with E-state index in [1.165, 1.54) is 37.9 Å². The van der Waals surface area contributed by atoms with Gasteiger partial charge in [0.1, 0.15) is 0 Å². The molecule has 6 heteroatoms. The minimum absolute atomic E-state index is 0. The van der Waals surface area contributed by atoms with Crippen LogP contribution < -0.4 is 9.86 Å². The maximum absolute atomic E-state index is 10.9. The molecule has 0 atom stereocenters. The number of hydrogen-bond acceptors (Lipinski definition) is 3. The average Bonchev–Trinajstić information content (AvgIpc) is 2.37. The lowest BCUT2D eigenvalue weighted by Crippen LogP contribution is -2.31. The van der Waals surface area contributed by atoms with Gasteiger partial charge < -0.3 is 4.90 Å². The molecular formula is C14H25N3O2S. The van der Waals surface area contributed by atoms with Crippen LogP contribution in [0.4, 0.5) is 5.69 Å². The zero-order valence-corrected chi connectivity index (χ0v) is 11.8. The Morgan fingerprint density at radius 2 is 1.70 bits per heavy atom. The van der Waals surface area contributed by atoms with Crippen LogP contribution in [0.1, 0.15) is 32.3 Å². The van der Waals surface area contributed by atoms with Gasteiger partial charge in [0.15, 0.2) is 0 Å². The number of piperidine rings is 1. The summed E-state index contributed by atoms with van der Waals surface area (Å²) in [6.45, 7) is 3.47. The normalized spacial score (nSPS) is 16.4. The van der Waals surface area contributed by atoms with Crippen LogP contribution in [0.3, 0.4) is 0 Å². The Bertz CT molecular complexity index is 494. The molecule has 1 heterocycles. The van der Waals surface area contributed by atoms with Gasteiger partial charge in [-0.3, -0.25) is 4.72 Å². The second-order valence-electron chi connectivity index (χ2n) is 5.00. The molecule has 0 aromatic heterocycles. The van der Waals surface area contributed by atoms with Crippen molar-refractivity contribution in [3.05, 3.63) is 29.8 Å². The number of benzene rings is 1. The fourth-order valence-electron chi connectivity index (χ4n) is 2.37. The average molecular weight is 299 g/mol. The number of rotatable bonds is 5. The molecule has 0 radical (unpaired) electrons. The first kappa shape index (κ1) is 16.9. The number of nitrogens with zero attached hydrogens (tertiary/aromatic N) is 1. The van der Waals surface area contributed by atoms with Crippen molar-refractivity contribution in [2.75, 3.05) is 24.4 Å². The zero-order chi connectivity index (χ0) is 13.7. The largest absolute Gasteiger partial charge is 0.303 e. The second-order valence-corrected chi connectivity index (χ2v) is 6.29. The maximum Gasteiger partial charge on any atom is 0.296 e. The van der Waals surface area contributed by atoms with Gasteiger partial charge in [0.05, 0.1) is 0 Å². The van der Waals surface area contributed by atoms with Crippen LogP contribution in [0.15, 0.2) is 24.3 Å². The lowest BCUT2D eigenvalue weighted by Gasteiger charge is -2.26. The van der Waals surface area contributed by atoms with Crippen LogP contribution in [0, 0.1) is 0 Å². The third kappa shape index (κ3) is 5.90. The topological polar surface area (TPSA) is 75.4 Å². The van der Waals surface area contributed by atoms with E-state index in [4.69, 9.17) is 5.14 Å². The summed E-state index contributed by atoms with van der Waals surface area (Å²) in [5.41, 5.74) is 1.72. The fourth-order valence-corrected chi connectivity index (χ4v) is 2.84. The van der Waals surface area contributed by atoms with Crippen LogP contribution in [0.2, 0.25) is 0 Å². The summed E-state index contributed by atoms with van der Waals surface area (Å²) in [6, 6.07) is 7.38. The number of nitrogens with one attached hydrogen (secondary N) is 1. The van der Waals surface area contributed by atoms with E-state index in [-0.39, 0.29) is 7.43 Å². The van der Waals surface area contributed by atoms with E-state index in [0.29, 0.717) is 5.69 Å². The minimum atomic E-state index is -3.68. The summed E-state index contributed by atoms with van der Waals surface area (Å²) in [6.07, 6.45) is 4.95. The Labute approximate surface area is 122 Å². The molecule has 1 aromatic rings. The molecule has 0 aliphatic carbocycles. The number of anilines is 1. The Morgan fingerprint density at radius 3 is 2.25 bits per heavy atom. The SMILES string of the molecule is C.NS(=O)(=O)Nc1ccc(CCN2CCCCC2)cc1. The van der Waals surface area contributed by atoms with Gasteiger partial charge in [-0.15, -0.1) is 0 Å². The molecule has 1 fully saturated rings. The van der Waals surface area contributed by atoms with Gasteiger partial charge in [-0.25, -0.2) is 5.14 Å². The highest BCUT2D eigenvalue weighted by atomic mass is 32.2. The van der Waals surface area contributed by atoms with Gasteiger partial charge in [0.2, 0.25) is 0 Å². The van der Waals surface area contributed by atoms with Gasteiger partial charge in [-0.2, -0.15) is 8.42 Å². The van der Waals surface area contributed by atoms with E-state index in [0.717, 1.165) is 13.0 Å². The van der Waals surface area contributed by atoms with Crippen molar-refractivity contribution in [3.8, 4) is 0 Å². The summed E-state index contributed by atoms with van der Waals surface area (Å²) < 4.78 is 24.0. The van der Waals surface area contributed by atoms with E-state index in [2.05, 4.69) is 9.62 Å². The molecule has 2 rings (SSSR count). The lowest BCUT2D eigenvalue weighted by molar-refractivity contribution is 0.231. The molecule has 1 aliphatic heterocycles. The standard InChI is InChI=1S/C13H21N3O2S.CH4/c14-19(17,18)15-13-6-4-12(5-7-13)8-11-16-9-2-1-3-10-16;/h4-7,15H,1-3,8-11H2,(H2,14,17,18);1H4. The Hall–Kier alpha value is -1.11. The van der Waals surface area contributed by atoms with Crippen molar-refractivity contribution in [2.24, 2.45) is 5.14 Å². The molecule has 0 amide bonds. The summed E-state index contributed by atoms with van der Waals surface area (Å²) in [5, 5.41) is 4.92. The molecule has 114 valence electrons. The van der Waals surface area contributed by atoms with Gasteiger partial charge in [-0.1, -0.05) is 26.0 Å². The van der Waals surface area contributed by atoms with Crippen molar-refractivity contribution in [1.82, 2.24) is 4.90 Å². The monoisotopic (exact) mass is 299 g/mol. The highest BCUT2D eigenvalue weighted by Crippen LogP contribution is 2.13. The summed E-state index contributed by atoms with van der Waals surface area (Å²) in [7, 11) is -3.68. The Kier molecular flexibility index (Phi) is 6.45. The van der Waals surface area contributed by atoms with Crippen LogP contribution in [-0.2, 0) is 16.6 Å². The molecule has 1 saturated heterocycles. The minimum Gasteiger partial charge on any atom is -0.303 e. The first-order valence-corrected chi connectivity index (χ1v) is 8.19. The predicted octanol–water partition coefficient (Wildman–Crippen LogP) is 1.97. The number of hydrogen-bond donors (Lipinski definition) is 2.